The molecule has 1 aromatic carbocycles. The maximum atomic E-state index is 4.69. The first-order chi connectivity index (χ1) is 11.1. The molecule has 0 bridgehead atoms. The van der Waals surface area contributed by atoms with E-state index >= 15 is 0 Å². The Labute approximate surface area is 169 Å². The molecule has 0 aliphatic carbocycles. The molecule has 7 heteroatoms. The Kier molecular flexibility index (Phi) is 9.35. The first kappa shape index (κ1) is 21.0. The van der Waals surface area contributed by atoms with Crippen LogP contribution < -0.4 is 5.32 Å². The molecular weight excluding hydrogens is 481 g/mol. The molecule has 1 aromatic heterocycles. The van der Waals surface area contributed by atoms with Gasteiger partial charge in [0.2, 0.25) is 0 Å². The zero-order valence-electron chi connectivity index (χ0n) is 14.4. The summed E-state index contributed by atoms with van der Waals surface area (Å²) in [5.74, 6) is 0.916. The van der Waals surface area contributed by atoms with Crippen LogP contribution in [0.25, 0.3) is 0 Å². The second kappa shape index (κ2) is 10.7. The molecule has 0 aliphatic heterocycles. The van der Waals surface area contributed by atoms with Gasteiger partial charge in [0.15, 0.2) is 5.96 Å². The molecule has 0 atom stereocenters. The van der Waals surface area contributed by atoms with E-state index < -0.39 is 0 Å². The van der Waals surface area contributed by atoms with Crippen LogP contribution in [-0.4, -0.2) is 40.8 Å². The Morgan fingerprint density at radius 3 is 2.62 bits per heavy atom. The Balaban J connectivity index is 0.00000288. The van der Waals surface area contributed by atoms with Crippen molar-refractivity contribution in [3.8, 4) is 0 Å². The summed E-state index contributed by atoms with van der Waals surface area (Å²) in [6.45, 7) is 7.29. The van der Waals surface area contributed by atoms with Crippen molar-refractivity contribution < 1.29 is 0 Å². The van der Waals surface area contributed by atoms with Gasteiger partial charge in [-0.25, -0.2) is 0 Å². The monoisotopic (exact) mass is 505 g/mol. The van der Waals surface area contributed by atoms with Crippen molar-refractivity contribution in [3.63, 3.8) is 0 Å². The molecule has 0 fully saturated rings. The molecule has 0 saturated carbocycles. The van der Waals surface area contributed by atoms with E-state index in [-0.39, 0.29) is 24.0 Å². The highest BCUT2D eigenvalue weighted by Gasteiger charge is 2.06. The van der Waals surface area contributed by atoms with E-state index in [2.05, 4.69) is 69.5 Å². The first-order valence-electron chi connectivity index (χ1n) is 7.81. The number of hydrogen-bond donors (Lipinski definition) is 1. The van der Waals surface area contributed by atoms with Gasteiger partial charge in [0, 0.05) is 30.8 Å². The third-order valence-corrected chi connectivity index (χ3v) is 3.91. The van der Waals surface area contributed by atoms with E-state index in [1.54, 1.807) is 0 Å². The molecule has 24 heavy (non-hydrogen) atoms. The Bertz CT molecular complexity index is 639. The molecule has 2 aromatic rings. The number of nitrogens with one attached hydrogen (secondary N) is 1. The fourth-order valence-corrected chi connectivity index (χ4v) is 2.52. The van der Waals surface area contributed by atoms with Crippen LogP contribution in [0, 0.1) is 6.92 Å². The predicted octanol–water partition coefficient (Wildman–Crippen LogP) is 3.67. The number of hydrogen-bond acceptors (Lipinski definition) is 2. The van der Waals surface area contributed by atoms with Gasteiger partial charge in [0.1, 0.15) is 0 Å². The minimum Gasteiger partial charge on any atom is -0.357 e. The van der Waals surface area contributed by atoms with Crippen LogP contribution in [0.2, 0.25) is 0 Å². The van der Waals surface area contributed by atoms with Crippen molar-refractivity contribution in [1.82, 2.24) is 20.0 Å². The van der Waals surface area contributed by atoms with E-state index in [1.165, 1.54) is 11.1 Å². The first-order valence-corrected chi connectivity index (χ1v) is 8.60. The Morgan fingerprint density at radius 2 is 2.04 bits per heavy atom. The summed E-state index contributed by atoms with van der Waals surface area (Å²) >= 11 is 3.47. The van der Waals surface area contributed by atoms with E-state index in [4.69, 9.17) is 4.99 Å². The van der Waals surface area contributed by atoms with Gasteiger partial charge in [-0.3, -0.25) is 9.67 Å². The summed E-state index contributed by atoms with van der Waals surface area (Å²) in [6, 6.07) is 8.37. The maximum absolute atomic E-state index is 4.69. The number of halogens is 2. The smallest absolute Gasteiger partial charge is 0.194 e. The van der Waals surface area contributed by atoms with Crippen LogP contribution in [0.15, 0.2) is 46.1 Å². The predicted molar refractivity (Wildman–Crippen MR) is 114 cm³/mol. The standard InChI is InChI=1S/C17H24BrN5.HI/c1-4-19-17(20-9-10-23-12-14(2)11-21-23)22(3)13-15-5-7-16(18)8-6-15;/h5-8,11-12H,4,9-10,13H2,1-3H3,(H,19,20);1H. The number of aryl methyl sites for hydroxylation is 1. The molecule has 132 valence electrons. The van der Waals surface area contributed by atoms with Crippen molar-refractivity contribution in [2.75, 3.05) is 20.1 Å². The SMILES string of the molecule is CCNC(=NCCn1cc(C)cn1)N(C)Cc1ccc(Br)cc1.I. The zero-order chi connectivity index (χ0) is 16.7. The summed E-state index contributed by atoms with van der Waals surface area (Å²) in [6.07, 6.45) is 3.91. The minimum absolute atomic E-state index is 0. The van der Waals surface area contributed by atoms with Gasteiger partial charge >= 0.3 is 0 Å². The highest BCUT2D eigenvalue weighted by atomic mass is 127. The van der Waals surface area contributed by atoms with Gasteiger partial charge in [-0.1, -0.05) is 28.1 Å². The summed E-state index contributed by atoms with van der Waals surface area (Å²) < 4.78 is 3.02. The molecule has 0 saturated heterocycles. The topological polar surface area (TPSA) is 45.5 Å². The summed E-state index contributed by atoms with van der Waals surface area (Å²) in [7, 11) is 2.06. The van der Waals surface area contributed by atoms with Gasteiger partial charge in [-0.15, -0.1) is 24.0 Å². The van der Waals surface area contributed by atoms with E-state index in [9.17, 15) is 0 Å². The number of aliphatic imine (C=N–C) groups is 1. The molecule has 2 rings (SSSR count). The van der Waals surface area contributed by atoms with E-state index in [0.717, 1.165) is 30.1 Å². The second-order valence-corrected chi connectivity index (χ2v) is 6.41. The molecule has 0 radical (unpaired) electrons. The summed E-state index contributed by atoms with van der Waals surface area (Å²) in [4.78, 5) is 6.83. The van der Waals surface area contributed by atoms with Gasteiger partial charge in [-0.05, 0) is 37.1 Å². The second-order valence-electron chi connectivity index (χ2n) is 5.50. The molecule has 1 heterocycles. The average Bonchev–Trinajstić information content (AvgIpc) is 2.94. The lowest BCUT2D eigenvalue weighted by Gasteiger charge is -2.22. The van der Waals surface area contributed by atoms with Crippen molar-refractivity contribution in [1.29, 1.82) is 0 Å². The van der Waals surface area contributed by atoms with Crippen LogP contribution in [-0.2, 0) is 13.1 Å². The van der Waals surface area contributed by atoms with Crippen LogP contribution in [0.4, 0.5) is 0 Å². The molecule has 5 nitrogen and oxygen atoms in total. The number of guanidine groups is 1. The van der Waals surface area contributed by atoms with Crippen molar-refractivity contribution in [2.45, 2.75) is 26.9 Å². The van der Waals surface area contributed by atoms with Crippen LogP contribution in [0.1, 0.15) is 18.1 Å². The van der Waals surface area contributed by atoms with Crippen molar-refractivity contribution >= 4 is 45.9 Å². The van der Waals surface area contributed by atoms with Crippen LogP contribution in [0.3, 0.4) is 0 Å². The fourth-order valence-electron chi connectivity index (χ4n) is 2.26. The largest absolute Gasteiger partial charge is 0.357 e. The van der Waals surface area contributed by atoms with Gasteiger partial charge < -0.3 is 10.2 Å². The number of nitrogens with zero attached hydrogens (tertiary/aromatic N) is 4. The lowest BCUT2D eigenvalue weighted by Crippen LogP contribution is -2.38. The van der Waals surface area contributed by atoms with Crippen LogP contribution >= 0.6 is 39.9 Å². The summed E-state index contributed by atoms with van der Waals surface area (Å²) in [5.41, 5.74) is 2.43. The highest BCUT2D eigenvalue weighted by molar-refractivity contribution is 14.0. The minimum atomic E-state index is 0. The number of benzene rings is 1. The quantitative estimate of drug-likeness (QED) is 0.370. The zero-order valence-corrected chi connectivity index (χ0v) is 18.3. The average molecular weight is 506 g/mol. The third-order valence-electron chi connectivity index (χ3n) is 3.38. The lowest BCUT2D eigenvalue weighted by molar-refractivity contribution is 0.474. The van der Waals surface area contributed by atoms with Gasteiger partial charge in [-0.2, -0.15) is 5.10 Å². The highest BCUT2D eigenvalue weighted by Crippen LogP contribution is 2.11. The van der Waals surface area contributed by atoms with Crippen molar-refractivity contribution in [3.05, 3.63) is 52.3 Å². The van der Waals surface area contributed by atoms with Crippen LogP contribution in [0.5, 0.6) is 0 Å². The van der Waals surface area contributed by atoms with Gasteiger partial charge in [0.05, 0.1) is 19.3 Å². The fraction of sp³-hybridized carbons (Fsp3) is 0.412. The van der Waals surface area contributed by atoms with Crippen molar-refractivity contribution in [2.24, 2.45) is 4.99 Å². The number of aromatic nitrogens is 2. The third kappa shape index (κ3) is 6.80. The molecule has 0 spiro atoms. The molecular formula is C17H25BrIN5. The molecule has 0 aliphatic rings. The Hall–Kier alpha value is -1.09. The normalized spacial score (nSPS) is 11.1. The molecule has 0 amide bonds. The van der Waals surface area contributed by atoms with E-state index in [0.29, 0.717) is 6.54 Å². The molecule has 1 N–H and O–H groups in total. The van der Waals surface area contributed by atoms with E-state index in [1.807, 2.05) is 24.0 Å². The lowest BCUT2D eigenvalue weighted by atomic mass is 10.2. The summed E-state index contributed by atoms with van der Waals surface area (Å²) in [5, 5.41) is 7.63. The van der Waals surface area contributed by atoms with Gasteiger partial charge in [0.25, 0.3) is 0 Å². The maximum Gasteiger partial charge on any atom is 0.194 e. The molecule has 0 unspecified atom stereocenters. The Morgan fingerprint density at radius 1 is 1.33 bits per heavy atom. The number of rotatable bonds is 6.